The lowest BCUT2D eigenvalue weighted by molar-refractivity contribution is 0.333. The van der Waals surface area contributed by atoms with Gasteiger partial charge in [-0.25, -0.2) is 0 Å². The number of ether oxygens (including phenoxy) is 1. The molecule has 2 aromatic carbocycles. The predicted molar refractivity (Wildman–Crippen MR) is 74.1 cm³/mol. The zero-order chi connectivity index (χ0) is 11.1. The van der Waals surface area contributed by atoms with E-state index in [1.807, 2.05) is 60.7 Å². The normalized spacial score (nSPS) is 9.18. The zero-order valence-electron chi connectivity index (χ0n) is 9.50. The highest BCUT2D eigenvalue weighted by Crippen LogP contribution is 2.08. The van der Waals surface area contributed by atoms with Gasteiger partial charge in [0, 0.05) is 12.2 Å². The second kappa shape index (κ2) is 7.58. The van der Waals surface area contributed by atoms with Crippen molar-refractivity contribution in [3.63, 3.8) is 0 Å². The molecule has 0 aliphatic carbocycles. The summed E-state index contributed by atoms with van der Waals surface area (Å²) in [7, 11) is 0. The fraction of sp³-hybridized carbons (Fsp3) is 0.143. The molecule has 2 aromatic rings. The first-order valence-corrected chi connectivity index (χ1v) is 5.42. The minimum Gasteiger partial charge on any atom is -0.492 e. The molecule has 0 spiro atoms. The van der Waals surface area contributed by atoms with Crippen LogP contribution in [-0.4, -0.2) is 13.2 Å². The largest absolute Gasteiger partial charge is 0.492 e. The number of anilines is 1. The van der Waals surface area contributed by atoms with Gasteiger partial charge in [-0.1, -0.05) is 36.4 Å². The standard InChI is InChI=1S/C14H15NO.ClH/c1-3-7-13(8-4-1)15-11-12-16-14-9-5-2-6-10-14;/h1-10,15H,11-12H2;1H. The fourth-order valence-corrected chi connectivity index (χ4v) is 1.44. The molecule has 0 bridgehead atoms. The van der Waals surface area contributed by atoms with E-state index in [1.54, 1.807) is 0 Å². The van der Waals surface area contributed by atoms with Crippen LogP contribution in [0, 0.1) is 0 Å². The number of nitrogens with one attached hydrogen (secondary N) is 1. The first kappa shape index (κ1) is 13.4. The average molecular weight is 250 g/mol. The summed E-state index contributed by atoms with van der Waals surface area (Å²) in [5, 5.41) is 3.29. The van der Waals surface area contributed by atoms with Crippen molar-refractivity contribution in [1.29, 1.82) is 0 Å². The number of hydrogen-bond donors (Lipinski definition) is 1. The molecule has 2 nitrogen and oxygen atoms in total. The number of benzene rings is 2. The number of para-hydroxylation sites is 2. The third-order valence-electron chi connectivity index (χ3n) is 2.22. The van der Waals surface area contributed by atoms with Crippen molar-refractivity contribution in [1.82, 2.24) is 0 Å². The molecule has 0 atom stereocenters. The molecule has 0 fully saturated rings. The number of hydrogen-bond acceptors (Lipinski definition) is 2. The van der Waals surface area contributed by atoms with E-state index in [2.05, 4.69) is 5.32 Å². The van der Waals surface area contributed by atoms with Crippen LogP contribution in [0.3, 0.4) is 0 Å². The van der Waals surface area contributed by atoms with Crippen LogP contribution in [0.15, 0.2) is 60.7 Å². The average Bonchev–Trinajstić information content (AvgIpc) is 2.37. The Labute approximate surface area is 108 Å². The summed E-state index contributed by atoms with van der Waals surface area (Å²) in [4.78, 5) is 0. The molecule has 0 saturated carbocycles. The number of halogens is 1. The van der Waals surface area contributed by atoms with Crippen LogP contribution in [0.1, 0.15) is 0 Å². The minimum absolute atomic E-state index is 0. The van der Waals surface area contributed by atoms with Gasteiger partial charge in [-0.05, 0) is 24.3 Å². The minimum atomic E-state index is 0. The second-order valence-electron chi connectivity index (χ2n) is 3.45. The molecule has 17 heavy (non-hydrogen) atoms. The fourth-order valence-electron chi connectivity index (χ4n) is 1.44. The van der Waals surface area contributed by atoms with Gasteiger partial charge in [-0.3, -0.25) is 0 Å². The van der Waals surface area contributed by atoms with E-state index in [0.29, 0.717) is 6.61 Å². The zero-order valence-corrected chi connectivity index (χ0v) is 10.3. The molecule has 2 rings (SSSR count). The van der Waals surface area contributed by atoms with Crippen LogP contribution in [0.4, 0.5) is 5.69 Å². The van der Waals surface area contributed by atoms with Gasteiger partial charge in [-0.15, -0.1) is 12.4 Å². The molecular weight excluding hydrogens is 234 g/mol. The second-order valence-corrected chi connectivity index (χ2v) is 3.45. The Balaban J connectivity index is 0.00000144. The lowest BCUT2D eigenvalue weighted by atomic mass is 10.3. The van der Waals surface area contributed by atoms with Gasteiger partial charge >= 0.3 is 0 Å². The molecule has 0 aromatic heterocycles. The highest BCUT2D eigenvalue weighted by atomic mass is 35.5. The van der Waals surface area contributed by atoms with Gasteiger partial charge in [-0.2, -0.15) is 0 Å². The van der Waals surface area contributed by atoms with E-state index < -0.39 is 0 Å². The van der Waals surface area contributed by atoms with E-state index >= 15 is 0 Å². The van der Waals surface area contributed by atoms with Crippen LogP contribution < -0.4 is 10.1 Å². The summed E-state index contributed by atoms with van der Waals surface area (Å²) >= 11 is 0. The first-order valence-electron chi connectivity index (χ1n) is 5.42. The Morgan fingerprint density at radius 2 is 1.41 bits per heavy atom. The smallest absolute Gasteiger partial charge is 0.119 e. The Hall–Kier alpha value is -1.67. The lowest BCUT2D eigenvalue weighted by Gasteiger charge is -2.08. The molecule has 0 unspecified atom stereocenters. The summed E-state index contributed by atoms with van der Waals surface area (Å²) in [5.41, 5.74) is 1.12. The Bertz CT molecular complexity index is 364. The van der Waals surface area contributed by atoms with E-state index in [9.17, 15) is 0 Å². The Morgan fingerprint density at radius 3 is 2.06 bits per heavy atom. The highest BCUT2D eigenvalue weighted by molar-refractivity contribution is 5.85. The lowest BCUT2D eigenvalue weighted by Crippen LogP contribution is -2.11. The van der Waals surface area contributed by atoms with Gasteiger partial charge in [0.15, 0.2) is 0 Å². The first-order chi connectivity index (χ1) is 7.95. The van der Waals surface area contributed by atoms with E-state index in [1.165, 1.54) is 0 Å². The summed E-state index contributed by atoms with van der Waals surface area (Å²) < 4.78 is 5.57. The van der Waals surface area contributed by atoms with Crippen LogP contribution in [0.5, 0.6) is 5.75 Å². The van der Waals surface area contributed by atoms with Crippen LogP contribution >= 0.6 is 12.4 Å². The summed E-state index contributed by atoms with van der Waals surface area (Å²) in [5.74, 6) is 0.914. The van der Waals surface area contributed by atoms with Crippen LogP contribution in [0.2, 0.25) is 0 Å². The van der Waals surface area contributed by atoms with Gasteiger partial charge in [0.1, 0.15) is 12.4 Å². The Kier molecular flexibility index (Phi) is 5.97. The van der Waals surface area contributed by atoms with Gasteiger partial charge in [0.2, 0.25) is 0 Å². The van der Waals surface area contributed by atoms with Gasteiger partial charge < -0.3 is 10.1 Å². The SMILES string of the molecule is Cl.c1ccc(NCCOc2ccccc2)cc1. The van der Waals surface area contributed by atoms with Crippen molar-refractivity contribution in [2.45, 2.75) is 0 Å². The molecule has 0 saturated heterocycles. The molecule has 90 valence electrons. The van der Waals surface area contributed by atoms with Gasteiger partial charge in [0.05, 0.1) is 0 Å². The predicted octanol–water partition coefficient (Wildman–Crippen LogP) is 3.60. The third kappa shape index (κ3) is 4.79. The molecule has 0 heterocycles. The maximum absolute atomic E-state index is 5.57. The van der Waals surface area contributed by atoms with Crippen molar-refractivity contribution in [2.24, 2.45) is 0 Å². The van der Waals surface area contributed by atoms with E-state index in [4.69, 9.17) is 4.74 Å². The van der Waals surface area contributed by atoms with Crippen molar-refractivity contribution in [3.05, 3.63) is 60.7 Å². The van der Waals surface area contributed by atoms with E-state index in [-0.39, 0.29) is 12.4 Å². The molecular formula is C14H16ClNO. The molecule has 0 radical (unpaired) electrons. The molecule has 1 N–H and O–H groups in total. The Morgan fingerprint density at radius 1 is 0.824 bits per heavy atom. The van der Waals surface area contributed by atoms with Gasteiger partial charge in [0.25, 0.3) is 0 Å². The van der Waals surface area contributed by atoms with Crippen molar-refractivity contribution in [2.75, 3.05) is 18.5 Å². The quantitative estimate of drug-likeness (QED) is 0.818. The summed E-state index contributed by atoms with van der Waals surface area (Å²) in [6, 6.07) is 20.0. The number of rotatable bonds is 5. The molecule has 0 aliphatic rings. The maximum atomic E-state index is 5.57. The van der Waals surface area contributed by atoms with Crippen molar-refractivity contribution in [3.8, 4) is 5.75 Å². The monoisotopic (exact) mass is 249 g/mol. The van der Waals surface area contributed by atoms with Crippen molar-refractivity contribution < 1.29 is 4.74 Å². The topological polar surface area (TPSA) is 21.3 Å². The summed E-state index contributed by atoms with van der Waals surface area (Å²) in [6.07, 6.45) is 0. The van der Waals surface area contributed by atoms with Crippen LogP contribution in [0.25, 0.3) is 0 Å². The van der Waals surface area contributed by atoms with Crippen LogP contribution in [-0.2, 0) is 0 Å². The third-order valence-corrected chi connectivity index (χ3v) is 2.22. The molecule has 0 aliphatic heterocycles. The molecule has 0 amide bonds. The highest BCUT2D eigenvalue weighted by Gasteiger charge is 1.91. The molecule has 3 heteroatoms. The van der Waals surface area contributed by atoms with E-state index in [0.717, 1.165) is 18.0 Å². The van der Waals surface area contributed by atoms with Crippen molar-refractivity contribution >= 4 is 18.1 Å². The summed E-state index contributed by atoms with van der Waals surface area (Å²) in [6.45, 7) is 1.47. The maximum Gasteiger partial charge on any atom is 0.119 e.